The molecule has 1 aliphatic carbocycles. The number of hydrogen-bond acceptors (Lipinski definition) is 2. The van der Waals surface area contributed by atoms with E-state index in [2.05, 4.69) is 0 Å². The number of benzene rings is 1. The summed E-state index contributed by atoms with van der Waals surface area (Å²) in [5.74, 6) is 0. The SMILES string of the molecule is Nc1cc(COC2CCC2)ccc1Cl. The van der Waals surface area contributed by atoms with Gasteiger partial charge in [-0.1, -0.05) is 17.7 Å². The minimum Gasteiger partial charge on any atom is -0.398 e. The highest BCUT2D eigenvalue weighted by Gasteiger charge is 2.17. The Morgan fingerprint density at radius 2 is 2.21 bits per heavy atom. The molecule has 0 spiro atoms. The van der Waals surface area contributed by atoms with Crippen LogP contribution < -0.4 is 5.73 Å². The second-order valence-electron chi connectivity index (χ2n) is 3.72. The third kappa shape index (κ3) is 2.20. The quantitative estimate of drug-likeness (QED) is 0.781. The molecular formula is C11H14ClNO. The van der Waals surface area contributed by atoms with Crippen molar-refractivity contribution in [2.75, 3.05) is 5.73 Å². The Hall–Kier alpha value is -0.730. The summed E-state index contributed by atoms with van der Waals surface area (Å²) in [6.45, 7) is 0.645. The van der Waals surface area contributed by atoms with E-state index < -0.39 is 0 Å². The molecule has 76 valence electrons. The topological polar surface area (TPSA) is 35.2 Å². The maximum absolute atomic E-state index is 5.82. The molecule has 1 aliphatic rings. The second-order valence-corrected chi connectivity index (χ2v) is 4.13. The van der Waals surface area contributed by atoms with Gasteiger partial charge in [-0.25, -0.2) is 0 Å². The predicted octanol–water partition coefficient (Wildman–Crippen LogP) is 2.99. The molecule has 0 atom stereocenters. The summed E-state index contributed by atoms with van der Waals surface area (Å²) >= 11 is 5.82. The lowest BCUT2D eigenvalue weighted by molar-refractivity contribution is -0.00864. The van der Waals surface area contributed by atoms with E-state index in [9.17, 15) is 0 Å². The first kappa shape index (κ1) is 9.81. The van der Waals surface area contributed by atoms with Gasteiger partial charge in [0.1, 0.15) is 0 Å². The molecular weight excluding hydrogens is 198 g/mol. The molecule has 0 saturated heterocycles. The van der Waals surface area contributed by atoms with Crippen LogP contribution in [-0.2, 0) is 11.3 Å². The van der Waals surface area contributed by atoms with Crippen molar-refractivity contribution in [3.63, 3.8) is 0 Å². The van der Waals surface area contributed by atoms with E-state index in [0.717, 1.165) is 5.56 Å². The van der Waals surface area contributed by atoms with Crippen molar-refractivity contribution in [2.24, 2.45) is 0 Å². The molecule has 0 aliphatic heterocycles. The van der Waals surface area contributed by atoms with Crippen LogP contribution in [0.25, 0.3) is 0 Å². The molecule has 2 rings (SSSR count). The van der Waals surface area contributed by atoms with Crippen LogP contribution in [0, 0.1) is 0 Å². The van der Waals surface area contributed by atoms with Crippen molar-refractivity contribution in [3.8, 4) is 0 Å². The summed E-state index contributed by atoms with van der Waals surface area (Å²) in [4.78, 5) is 0. The average Bonchev–Trinajstić information content (AvgIpc) is 2.08. The lowest BCUT2D eigenvalue weighted by Gasteiger charge is -2.25. The molecule has 3 heteroatoms. The van der Waals surface area contributed by atoms with Gasteiger partial charge in [-0.05, 0) is 37.0 Å². The van der Waals surface area contributed by atoms with Gasteiger partial charge in [0.05, 0.1) is 23.4 Å². The largest absolute Gasteiger partial charge is 0.398 e. The molecule has 1 saturated carbocycles. The van der Waals surface area contributed by atoms with Crippen LogP contribution in [0.2, 0.25) is 5.02 Å². The maximum atomic E-state index is 5.82. The number of rotatable bonds is 3. The van der Waals surface area contributed by atoms with Crippen LogP contribution in [0.15, 0.2) is 18.2 Å². The number of hydrogen-bond donors (Lipinski definition) is 1. The fourth-order valence-corrected chi connectivity index (χ4v) is 1.55. The number of anilines is 1. The number of nitrogens with two attached hydrogens (primary N) is 1. The van der Waals surface area contributed by atoms with E-state index in [1.165, 1.54) is 19.3 Å². The van der Waals surface area contributed by atoms with Gasteiger partial charge < -0.3 is 10.5 Å². The van der Waals surface area contributed by atoms with E-state index in [0.29, 0.717) is 23.4 Å². The predicted molar refractivity (Wildman–Crippen MR) is 58.3 cm³/mol. The van der Waals surface area contributed by atoms with Crippen LogP contribution in [0.5, 0.6) is 0 Å². The minimum atomic E-state index is 0.465. The third-order valence-electron chi connectivity index (χ3n) is 2.60. The van der Waals surface area contributed by atoms with Crippen molar-refractivity contribution >= 4 is 17.3 Å². The van der Waals surface area contributed by atoms with E-state index >= 15 is 0 Å². The van der Waals surface area contributed by atoms with Crippen LogP contribution in [0.3, 0.4) is 0 Å². The Labute approximate surface area is 89.0 Å². The first-order valence-corrected chi connectivity index (χ1v) is 5.29. The highest BCUT2D eigenvalue weighted by Crippen LogP contribution is 2.24. The first-order chi connectivity index (χ1) is 6.75. The Kier molecular flexibility index (Phi) is 2.94. The van der Waals surface area contributed by atoms with E-state index in [1.807, 2.05) is 18.2 Å². The summed E-state index contributed by atoms with van der Waals surface area (Å²) < 4.78 is 5.66. The molecule has 2 N–H and O–H groups in total. The fraction of sp³-hybridized carbons (Fsp3) is 0.455. The second kappa shape index (κ2) is 4.20. The molecule has 0 unspecified atom stereocenters. The van der Waals surface area contributed by atoms with Crippen molar-refractivity contribution in [1.82, 2.24) is 0 Å². The van der Waals surface area contributed by atoms with Crippen molar-refractivity contribution in [1.29, 1.82) is 0 Å². The summed E-state index contributed by atoms with van der Waals surface area (Å²) in [5, 5.41) is 0.609. The Morgan fingerprint density at radius 3 is 2.79 bits per heavy atom. The van der Waals surface area contributed by atoms with Crippen LogP contribution >= 0.6 is 11.6 Å². The van der Waals surface area contributed by atoms with Crippen molar-refractivity contribution in [3.05, 3.63) is 28.8 Å². The molecule has 2 nitrogen and oxygen atoms in total. The van der Waals surface area contributed by atoms with Gasteiger partial charge in [0.25, 0.3) is 0 Å². The molecule has 1 aromatic rings. The average molecular weight is 212 g/mol. The zero-order chi connectivity index (χ0) is 9.97. The zero-order valence-corrected chi connectivity index (χ0v) is 8.76. The number of nitrogen functional groups attached to an aromatic ring is 1. The van der Waals surface area contributed by atoms with Crippen LogP contribution in [-0.4, -0.2) is 6.10 Å². The highest BCUT2D eigenvalue weighted by molar-refractivity contribution is 6.33. The number of ether oxygens (including phenoxy) is 1. The molecule has 14 heavy (non-hydrogen) atoms. The first-order valence-electron chi connectivity index (χ1n) is 4.91. The molecule has 0 heterocycles. The third-order valence-corrected chi connectivity index (χ3v) is 2.94. The zero-order valence-electron chi connectivity index (χ0n) is 8.00. The molecule has 1 fully saturated rings. The summed E-state index contributed by atoms with van der Waals surface area (Å²) in [7, 11) is 0. The van der Waals surface area contributed by atoms with E-state index in [-0.39, 0.29) is 0 Å². The standard InChI is InChI=1S/C11H14ClNO/c12-10-5-4-8(6-11(10)13)7-14-9-2-1-3-9/h4-6,9H,1-3,7,13H2. The maximum Gasteiger partial charge on any atom is 0.0721 e. The van der Waals surface area contributed by atoms with E-state index in [4.69, 9.17) is 22.1 Å². The van der Waals surface area contributed by atoms with E-state index in [1.54, 1.807) is 0 Å². The monoisotopic (exact) mass is 211 g/mol. The lowest BCUT2D eigenvalue weighted by atomic mass is 9.96. The van der Waals surface area contributed by atoms with Crippen molar-refractivity contribution < 1.29 is 4.74 Å². The normalized spacial score (nSPS) is 16.6. The van der Waals surface area contributed by atoms with Gasteiger partial charge in [0, 0.05) is 0 Å². The summed E-state index contributed by atoms with van der Waals surface area (Å²) in [6, 6.07) is 5.65. The molecule has 1 aromatic carbocycles. The Balaban J connectivity index is 1.91. The van der Waals surface area contributed by atoms with Gasteiger partial charge in [-0.2, -0.15) is 0 Å². The van der Waals surface area contributed by atoms with Crippen LogP contribution in [0.4, 0.5) is 5.69 Å². The summed E-state index contributed by atoms with van der Waals surface area (Å²) in [5.41, 5.74) is 7.41. The van der Waals surface area contributed by atoms with Gasteiger partial charge in [-0.3, -0.25) is 0 Å². The summed E-state index contributed by atoms with van der Waals surface area (Å²) in [6.07, 6.45) is 4.16. The van der Waals surface area contributed by atoms with Gasteiger partial charge >= 0.3 is 0 Å². The molecule has 0 radical (unpaired) electrons. The smallest absolute Gasteiger partial charge is 0.0721 e. The van der Waals surface area contributed by atoms with Gasteiger partial charge in [-0.15, -0.1) is 0 Å². The van der Waals surface area contributed by atoms with Gasteiger partial charge in [0.15, 0.2) is 0 Å². The molecule has 0 aromatic heterocycles. The molecule has 0 amide bonds. The molecule has 0 bridgehead atoms. The highest BCUT2D eigenvalue weighted by atomic mass is 35.5. The van der Waals surface area contributed by atoms with Crippen LogP contribution in [0.1, 0.15) is 24.8 Å². The Morgan fingerprint density at radius 1 is 1.43 bits per heavy atom. The minimum absolute atomic E-state index is 0.465. The van der Waals surface area contributed by atoms with Gasteiger partial charge in [0.2, 0.25) is 0 Å². The lowest BCUT2D eigenvalue weighted by Crippen LogP contribution is -2.21. The Bertz CT molecular complexity index is 323. The van der Waals surface area contributed by atoms with Crippen molar-refractivity contribution in [2.45, 2.75) is 32.0 Å². The number of halogens is 1. The fourth-order valence-electron chi connectivity index (χ4n) is 1.43.